The third-order valence-electron chi connectivity index (χ3n) is 2.63. The number of carbonyl (C=O) groups excluding carboxylic acids is 1. The van der Waals surface area contributed by atoms with Crippen molar-refractivity contribution in [2.75, 3.05) is 5.73 Å². The van der Waals surface area contributed by atoms with Crippen LogP contribution in [-0.2, 0) is 6.42 Å². The first-order chi connectivity index (χ1) is 8.58. The van der Waals surface area contributed by atoms with Crippen molar-refractivity contribution in [3.05, 3.63) is 63.9 Å². The highest BCUT2D eigenvalue weighted by Gasteiger charge is 2.12. The van der Waals surface area contributed by atoms with Crippen LogP contribution in [0, 0.1) is 5.82 Å². The van der Waals surface area contributed by atoms with E-state index in [1.54, 1.807) is 30.3 Å². The molecule has 0 amide bonds. The highest BCUT2D eigenvalue weighted by atomic mass is 79.9. The highest BCUT2D eigenvalue weighted by molar-refractivity contribution is 9.10. The molecule has 0 radical (unpaired) electrons. The Labute approximate surface area is 113 Å². The molecule has 2 aromatic carbocycles. The van der Waals surface area contributed by atoms with Crippen LogP contribution in [0.5, 0.6) is 0 Å². The van der Waals surface area contributed by atoms with Crippen molar-refractivity contribution < 1.29 is 9.18 Å². The molecule has 2 N–H and O–H groups in total. The van der Waals surface area contributed by atoms with Gasteiger partial charge in [0.15, 0.2) is 5.78 Å². The third-order valence-corrected chi connectivity index (χ3v) is 3.37. The van der Waals surface area contributed by atoms with Crippen molar-refractivity contribution in [2.24, 2.45) is 0 Å². The molecule has 0 heterocycles. The molecule has 4 heteroatoms. The molecule has 2 rings (SSSR count). The number of carbonyl (C=O) groups is 1. The molecule has 0 spiro atoms. The molecule has 0 unspecified atom stereocenters. The van der Waals surface area contributed by atoms with E-state index in [9.17, 15) is 9.18 Å². The minimum atomic E-state index is -0.336. The van der Waals surface area contributed by atoms with E-state index in [2.05, 4.69) is 15.9 Å². The van der Waals surface area contributed by atoms with E-state index in [-0.39, 0.29) is 18.0 Å². The van der Waals surface area contributed by atoms with Gasteiger partial charge < -0.3 is 5.73 Å². The Hall–Kier alpha value is -1.68. The van der Waals surface area contributed by atoms with E-state index >= 15 is 0 Å². The summed E-state index contributed by atoms with van der Waals surface area (Å²) in [7, 11) is 0. The number of hydrogen-bond donors (Lipinski definition) is 1. The summed E-state index contributed by atoms with van der Waals surface area (Å²) in [6, 6.07) is 11.2. The van der Waals surface area contributed by atoms with Gasteiger partial charge in [-0.15, -0.1) is 0 Å². The number of nitrogens with two attached hydrogens (primary N) is 1. The summed E-state index contributed by atoms with van der Waals surface area (Å²) in [6.45, 7) is 0. The van der Waals surface area contributed by atoms with Gasteiger partial charge in [0.25, 0.3) is 0 Å². The number of rotatable bonds is 3. The lowest BCUT2D eigenvalue weighted by molar-refractivity contribution is 0.0993. The van der Waals surface area contributed by atoms with Crippen molar-refractivity contribution in [1.29, 1.82) is 0 Å². The molecule has 0 atom stereocenters. The van der Waals surface area contributed by atoms with Crippen LogP contribution < -0.4 is 5.73 Å². The molecule has 92 valence electrons. The van der Waals surface area contributed by atoms with E-state index < -0.39 is 0 Å². The number of para-hydroxylation sites is 1. The van der Waals surface area contributed by atoms with E-state index in [4.69, 9.17) is 5.73 Å². The van der Waals surface area contributed by atoms with E-state index in [0.29, 0.717) is 15.7 Å². The lowest BCUT2D eigenvalue weighted by Gasteiger charge is -2.06. The van der Waals surface area contributed by atoms with E-state index in [1.165, 1.54) is 12.1 Å². The van der Waals surface area contributed by atoms with Crippen LogP contribution in [-0.4, -0.2) is 5.78 Å². The normalized spacial score (nSPS) is 10.3. The highest BCUT2D eigenvalue weighted by Crippen LogP contribution is 2.21. The van der Waals surface area contributed by atoms with Crippen molar-refractivity contribution in [3.63, 3.8) is 0 Å². The zero-order chi connectivity index (χ0) is 13.1. The topological polar surface area (TPSA) is 43.1 Å². The average Bonchev–Trinajstić information content (AvgIpc) is 2.33. The number of ketones is 1. The summed E-state index contributed by atoms with van der Waals surface area (Å²) >= 11 is 3.24. The van der Waals surface area contributed by atoms with Crippen molar-refractivity contribution in [3.8, 4) is 0 Å². The first-order valence-corrected chi connectivity index (χ1v) is 6.19. The summed E-state index contributed by atoms with van der Waals surface area (Å²) in [5.41, 5.74) is 7.44. The van der Waals surface area contributed by atoms with Crippen LogP contribution in [0.4, 0.5) is 10.1 Å². The second-order valence-electron chi connectivity index (χ2n) is 3.92. The molecule has 18 heavy (non-hydrogen) atoms. The van der Waals surface area contributed by atoms with Gasteiger partial charge in [-0.05, 0) is 29.8 Å². The molecule has 0 aliphatic carbocycles. The first-order valence-electron chi connectivity index (χ1n) is 5.39. The summed E-state index contributed by atoms with van der Waals surface area (Å²) in [5, 5.41) is 0. The Balaban J connectivity index is 2.24. The van der Waals surface area contributed by atoms with Crippen LogP contribution in [0.1, 0.15) is 15.9 Å². The monoisotopic (exact) mass is 307 g/mol. The second-order valence-corrected chi connectivity index (χ2v) is 4.78. The van der Waals surface area contributed by atoms with E-state index in [1.807, 2.05) is 0 Å². The molecule has 0 saturated carbocycles. The molecular weight excluding hydrogens is 297 g/mol. The molecule has 0 aromatic heterocycles. The first kappa shape index (κ1) is 12.8. The van der Waals surface area contributed by atoms with Crippen LogP contribution in [0.15, 0.2) is 46.9 Å². The quantitative estimate of drug-likeness (QED) is 0.695. The lowest BCUT2D eigenvalue weighted by atomic mass is 10.0. The maximum absolute atomic E-state index is 12.9. The van der Waals surface area contributed by atoms with Crippen LogP contribution in [0.2, 0.25) is 0 Å². The van der Waals surface area contributed by atoms with Crippen LogP contribution in [0.3, 0.4) is 0 Å². The minimum Gasteiger partial charge on any atom is -0.398 e. The fourth-order valence-electron chi connectivity index (χ4n) is 1.68. The summed E-state index contributed by atoms with van der Waals surface area (Å²) < 4.78 is 13.5. The molecular formula is C14H11BrFNO. The van der Waals surface area contributed by atoms with Gasteiger partial charge in [0, 0.05) is 22.1 Å². The standard InChI is InChI=1S/C14H11BrFNO/c15-12-8-10(16)6-5-9(12)7-14(18)11-3-1-2-4-13(11)17/h1-6,8H,7,17H2. The fourth-order valence-corrected chi connectivity index (χ4v) is 2.18. The Kier molecular flexibility index (Phi) is 3.77. The van der Waals surface area contributed by atoms with Gasteiger partial charge in [0.1, 0.15) is 5.82 Å². The van der Waals surface area contributed by atoms with Gasteiger partial charge in [0.05, 0.1) is 0 Å². The fraction of sp³-hybridized carbons (Fsp3) is 0.0714. The summed E-state index contributed by atoms with van der Waals surface area (Å²) in [5.74, 6) is -0.419. The smallest absolute Gasteiger partial charge is 0.169 e. The molecule has 2 nitrogen and oxygen atoms in total. The molecule has 0 saturated heterocycles. The van der Waals surface area contributed by atoms with Crippen LogP contribution >= 0.6 is 15.9 Å². The average molecular weight is 308 g/mol. The third kappa shape index (κ3) is 2.76. The Morgan fingerprint density at radius 3 is 2.61 bits per heavy atom. The maximum atomic E-state index is 12.9. The van der Waals surface area contributed by atoms with Crippen molar-refractivity contribution >= 4 is 27.4 Å². The van der Waals surface area contributed by atoms with Gasteiger partial charge in [0.2, 0.25) is 0 Å². The largest absolute Gasteiger partial charge is 0.398 e. The summed E-state index contributed by atoms with van der Waals surface area (Å²) in [6.07, 6.45) is 0.190. The maximum Gasteiger partial charge on any atom is 0.169 e. The zero-order valence-electron chi connectivity index (χ0n) is 9.49. The summed E-state index contributed by atoms with van der Waals surface area (Å²) in [4.78, 5) is 12.1. The number of anilines is 1. The number of hydrogen-bond acceptors (Lipinski definition) is 2. The van der Waals surface area contributed by atoms with E-state index in [0.717, 1.165) is 5.56 Å². The molecule has 0 aliphatic heterocycles. The minimum absolute atomic E-state index is 0.0830. The molecule has 0 aliphatic rings. The molecule has 0 fully saturated rings. The second kappa shape index (κ2) is 5.31. The lowest BCUT2D eigenvalue weighted by Crippen LogP contribution is -2.07. The van der Waals surface area contributed by atoms with Crippen LogP contribution in [0.25, 0.3) is 0 Å². The molecule has 2 aromatic rings. The Morgan fingerprint density at radius 2 is 1.94 bits per heavy atom. The van der Waals surface area contributed by atoms with Gasteiger partial charge >= 0.3 is 0 Å². The number of Topliss-reactive ketones (excluding diaryl/α,β-unsaturated/α-hetero) is 1. The van der Waals surface area contributed by atoms with Crippen molar-refractivity contribution in [2.45, 2.75) is 6.42 Å². The zero-order valence-corrected chi connectivity index (χ0v) is 11.1. The number of halogens is 2. The molecule has 0 bridgehead atoms. The number of nitrogen functional groups attached to an aromatic ring is 1. The van der Waals surface area contributed by atoms with Crippen molar-refractivity contribution in [1.82, 2.24) is 0 Å². The van der Waals surface area contributed by atoms with Gasteiger partial charge in [-0.3, -0.25) is 4.79 Å². The Morgan fingerprint density at radius 1 is 1.22 bits per heavy atom. The predicted molar refractivity (Wildman–Crippen MR) is 73.0 cm³/mol. The van der Waals surface area contributed by atoms with Gasteiger partial charge in [-0.1, -0.05) is 34.1 Å². The predicted octanol–water partition coefficient (Wildman–Crippen LogP) is 3.60. The SMILES string of the molecule is Nc1ccccc1C(=O)Cc1ccc(F)cc1Br. The van der Waals surface area contributed by atoms with Gasteiger partial charge in [-0.2, -0.15) is 0 Å². The number of benzene rings is 2. The van der Waals surface area contributed by atoms with Gasteiger partial charge in [-0.25, -0.2) is 4.39 Å². The Bertz CT molecular complexity index is 598.